The second-order valence-electron chi connectivity index (χ2n) is 6.99. The predicted molar refractivity (Wildman–Crippen MR) is 80.6 cm³/mol. The summed E-state index contributed by atoms with van der Waals surface area (Å²) < 4.78 is 11.4. The summed E-state index contributed by atoms with van der Waals surface area (Å²) in [5.74, 6) is 0. The molecule has 3 heterocycles. The van der Waals surface area contributed by atoms with Crippen molar-refractivity contribution in [3.63, 3.8) is 0 Å². The van der Waals surface area contributed by atoms with Crippen LogP contribution >= 0.6 is 0 Å². The molecule has 2 aliphatic rings. The highest BCUT2D eigenvalue weighted by Gasteiger charge is 2.44. The Labute approximate surface area is 129 Å². The van der Waals surface area contributed by atoms with E-state index in [0.29, 0.717) is 32.5 Å². The number of rotatable bonds is 0. The Bertz CT molecular complexity index is 636. The van der Waals surface area contributed by atoms with Crippen LogP contribution in [0.3, 0.4) is 0 Å². The fourth-order valence-electron chi connectivity index (χ4n) is 3.13. The van der Waals surface area contributed by atoms with Gasteiger partial charge in [-0.2, -0.15) is 0 Å². The number of H-pyrrole nitrogens is 1. The van der Waals surface area contributed by atoms with Gasteiger partial charge in [-0.3, -0.25) is 4.79 Å². The number of fused-ring (bicyclic) bond motifs is 2. The molecular weight excluding hydrogens is 284 g/mol. The molecule has 1 amide bonds. The Kier molecular flexibility index (Phi) is 3.51. The van der Waals surface area contributed by atoms with E-state index in [2.05, 4.69) is 4.98 Å². The summed E-state index contributed by atoms with van der Waals surface area (Å²) in [6, 6.07) is 1.63. The van der Waals surface area contributed by atoms with Gasteiger partial charge in [0.15, 0.2) is 0 Å². The average molecular weight is 306 g/mol. The smallest absolute Gasteiger partial charge is 0.410 e. The zero-order valence-electron chi connectivity index (χ0n) is 13.3. The Balaban J connectivity index is 1.72. The van der Waals surface area contributed by atoms with Crippen LogP contribution in [0.15, 0.2) is 17.1 Å². The van der Waals surface area contributed by atoms with Crippen LogP contribution in [-0.4, -0.2) is 34.7 Å². The number of nitrogens with one attached hydrogen (secondary N) is 1. The van der Waals surface area contributed by atoms with Gasteiger partial charge in [-0.25, -0.2) is 4.79 Å². The first-order valence-electron chi connectivity index (χ1n) is 7.63. The number of hydrogen-bond donors (Lipinski definition) is 1. The Morgan fingerprint density at radius 2 is 2.05 bits per heavy atom. The molecule has 2 aliphatic heterocycles. The molecule has 1 fully saturated rings. The monoisotopic (exact) mass is 306 g/mol. The van der Waals surface area contributed by atoms with Gasteiger partial charge < -0.3 is 19.4 Å². The van der Waals surface area contributed by atoms with Gasteiger partial charge in [0.25, 0.3) is 0 Å². The quantitative estimate of drug-likeness (QED) is 0.797. The van der Waals surface area contributed by atoms with Crippen molar-refractivity contribution in [3.05, 3.63) is 33.7 Å². The van der Waals surface area contributed by atoms with Crippen LogP contribution in [0.2, 0.25) is 0 Å². The number of ether oxygens (including phenoxy) is 2. The summed E-state index contributed by atoms with van der Waals surface area (Å²) in [5, 5.41) is 0. The number of carbonyl (C=O) groups excluding carboxylic acids is 1. The largest absolute Gasteiger partial charge is 0.444 e. The van der Waals surface area contributed by atoms with Crippen LogP contribution in [0.25, 0.3) is 0 Å². The first kappa shape index (κ1) is 15.1. The van der Waals surface area contributed by atoms with Crippen LogP contribution in [0.5, 0.6) is 0 Å². The number of likely N-dealkylation sites (tertiary alicyclic amines) is 1. The topological polar surface area (TPSA) is 71.6 Å². The molecule has 3 rings (SSSR count). The molecule has 1 spiro atoms. The number of nitrogens with zero attached hydrogens (tertiary/aromatic N) is 1. The zero-order chi connectivity index (χ0) is 16.0. The third-order valence-electron chi connectivity index (χ3n) is 4.23. The molecular formula is C16H22N2O4. The fraction of sp³-hybridized carbons (Fsp3) is 0.625. The van der Waals surface area contributed by atoms with E-state index in [4.69, 9.17) is 9.47 Å². The van der Waals surface area contributed by atoms with Gasteiger partial charge in [0.1, 0.15) is 5.60 Å². The average Bonchev–Trinajstić information content (AvgIpc) is 2.76. The van der Waals surface area contributed by atoms with E-state index in [9.17, 15) is 9.59 Å². The van der Waals surface area contributed by atoms with Crippen LogP contribution < -0.4 is 5.56 Å². The van der Waals surface area contributed by atoms with Crippen molar-refractivity contribution in [2.75, 3.05) is 13.1 Å². The van der Waals surface area contributed by atoms with Gasteiger partial charge in [-0.05, 0) is 39.2 Å². The third-order valence-corrected chi connectivity index (χ3v) is 4.23. The van der Waals surface area contributed by atoms with E-state index in [0.717, 1.165) is 11.1 Å². The Hall–Kier alpha value is -1.82. The Morgan fingerprint density at radius 1 is 1.36 bits per heavy atom. The molecule has 0 aliphatic carbocycles. The number of aromatic nitrogens is 1. The van der Waals surface area contributed by atoms with Gasteiger partial charge in [0.05, 0.1) is 12.2 Å². The number of carbonyl (C=O) groups is 1. The molecule has 22 heavy (non-hydrogen) atoms. The molecule has 1 N–H and O–H groups in total. The maximum atomic E-state index is 12.1. The summed E-state index contributed by atoms with van der Waals surface area (Å²) in [5.41, 5.74) is 0.974. The molecule has 6 nitrogen and oxygen atoms in total. The molecule has 1 saturated heterocycles. The second-order valence-corrected chi connectivity index (χ2v) is 6.99. The SMILES string of the molecule is CC(C)(C)OC(=O)N1CCC2(CC1)OCc1c[nH]c(=O)cc12. The predicted octanol–water partition coefficient (Wildman–Crippen LogP) is 2.13. The van der Waals surface area contributed by atoms with E-state index in [1.165, 1.54) is 0 Å². The molecule has 0 aromatic carbocycles. The molecule has 120 valence electrons. The van der Waals surface area contributed by atoms with E-state index in [-0.39, 0.29) is 11.7 Å². The molecule has 0 unspecified atom stereocenters. The number of hydrogen-bond acceptors (Lipinski definition) is 4. The van der Waals surface area contributed by atoms with Crippen molar-refractivity contribution in [2.24, 2.45) is 0 Å². The molecule has 0 atom stereocenters. The molecule has 0 saturated carbocycles. The lowest BCUT2D eigenvalue weighted by Crippen LogP contribution is -2.46. The maximum absolute atomic E-state index is 12.1. The van der Waals surface area contributed by atoms with Gasteiger partial charge in [-0.1, -0.05) is 0 Å². The normalized spacial score (nSPS) is 20.0. The highest BCUT2D eigenvalue weighted by atomic mass is 16.6. The minimum absolute atomic E-state index is 0.113. The zero-order valence-corrected chi connectivity index (χ0v) is 13.3. The molecule has 1 aromatic heterocycles. The molecule has 1 aromatic rings. The van der Waals surface area contributed by atoms with Crippen LogP contribution in [0.1, 0.15) is 44.7 Å². The molecule has 6 heteroatoms. The molecule has 0 bridgehead atoms. The van der Waals surface area contributed by atoms with Crippen molar-refractivity contribution in [1.82, 2.24) is 9.88 Å². The minimum Gasteiger partial charge on any atom is -0.444 e. The summed E-state index contributed by atoms with van der Waals surface area (Å²) >= 11 is 0. The number of pyridine rings is 1. The second kappa shape index (κ2) is 5.12. The Morgan fingerprint density at radius 3 is 2.68 bits per heavy atom. The van der Waals surface area contributed by atoms with Crippen molar-refractivity contribution in [1.29, 1.82) is 0 Å². The lowest BCUT2D eigenvalue weighted by Gasteiger charge is -2.39. The number of aromatic amines is 1. The van der Waals surface area contributed by atoms with Crippen molar-refractivity contribution in [3.8, 4) is 0 Å². The summed E-state index contributed by atoms with van der Waals surface area (Å²) in [7, 11) is 0. The van der Waals surface area contributed by atoms with Crippen molar-refractivity contribution < 1.29 is 14.3 Å². The van der Waals surface area contributed by atoms with E-state index in [1.54, 1.807) is 17.2 Å². The van der Waals surface area contributed by atoms with Crippen molar-refractivity contribution in [2.45, 2.75) is 51.4 Å². The fourth-order valence-corrected chi connectivity index (χ4v) is 3.13. The molecule has 0 radical (unpaired) electrons. The lowest BCUT2D eigenvalue weighted by molar-refractivity contribution is -0.0797. The van der Waals surface area contributed by atoms with E-state index in [1.807, 2.05) is 20.8 Å². The summed E-state index contributed by atoms with van der Waals surface area (Å²) in [6.07, 6.45) is 2.81. The first-order valence-corrected chi connectivity index (χ1v) is 7.63. The van der Waals surface area contributed by atoms with Crippen LogP contribution in [-0.2, 0) is 21.7 Å². The van der Waals surface area contributed by atoms with E-state index >= 15 is 0 Å². The van der Waals surface area contributed by atoms with Gasteiger partial charge >= 0.3 is 6.09 Å². The highest BCUT2D eigenvalue weighted by Crippen LogP contribution is 2.43. The standard InChI is InChI=1S/C16H22N2O4/c1-15(2,3)22-14(20)18-6-4-16(5-7-18)12-8-13(19)17-9-11(12)10-21-16/h8-9H,4-7,10H2,1-3H3,(H,17,19). The first-order chi connectivity index (χ1) is 10.3. The van der Waals surface area contributed by atoms with Crippen LogP contribution in [0, 0.1) is 0 Å². The summed E-state index contributed by atoms with van der Waals surface area (Å²) in [4.78, 5) is 28.1. The summed E-state index contributed by atoms with van der Waals surface area (Å²) in [6.45, 7) is 7.23. The maximum Gasteiger partial charge on any atom is 0.410 e. The minimum atomic E-state index is -0.490. The number of amides is 1. The van der Waals surface area contributed by atoms with Gasteiger partial charge in [0.2, 0.25) is 5.56 Å². The third kappa shape index (κ3) is 2.75. The lowest BCUT2D eigenvalue weighted by atomic mass is 9.84. The van der Waals surface area contributed by atoms with E-state index < -0.39 is 11.2 Å². The van der Waals surface area contributed by atoms with Crippen molar-refractivity contribution >= 4 is 6.09 Å². The van der Waals surface area contributed by atoms with Gasteiger partial charge in [-0.15, -0.1) is 0 Å². The number of piperidine rings is 1. The van der Waals surface area contributed by atoms with Crippen LogP contribution in [0.4, 0.5) is 4.79 Å². The van der Waals surface area contributed by atoms with Gasteiger partial charge in [0, 0.05) is 30.9 Å². The highest BCUT2D eigenvalue weighted by molar-refractivity contribution is 5.68.